The molecule has 0 spiro atoms. The van der Waals surface area contributed by atoms with Crippen LogP contribution in [0.15, 0.2) is 6.20 Å². The van der Waals surface area contributed by atoms with Crippen LogP contribution in [0.25, 0.3) is 0 Å². The van der Waals surface area contributed by atoms with E-state index in [1.165, 1.54) is 12.6 Å². The van der Waals surface area contributed by atoms with Crippen LogP contribution >= 0.6 is 0 Å². The molecule has 2 N–H and O–H groups in total. The van der Waals surface area contributed by atoms with Gasteiger partial charge >= 0.3 is 0 Å². The summed E-state index contributed by atoms with van der Waals surface area (Å²) in [5, 5.41) is 7.61. The van der Waals surface area contributed by atoms with Crippen molar-refractivity contribution in [1.29, 1.82) is 0 Å². The zero-order valence-electron chi connectivity index (χ0n) is 8.39. The van der Waals surface area contributed by atoms with Gasteiger partial charge in [-0.2, -0.15) is 0 Å². The van der Waals surface area contributed by atoms with Crippen LogP contribution in [0.4, 0.5) is 5.95 Å². The van der Waals surface area contributed by atoms with E-state index in [9.17, 15) is 4.79 Å². The summed E-state index contributed by atoms with van der Waals surface area (Å²) in [6, 6.07) is 0. The molecule has 1 aromatic rings. The largest absolute Gasteiger partial charge is 0.364 e. The highest BCUT2D eigenvalue weighted by Crippen LogP contribution is 2.13. The highest BCUT2D eigenvalue weighted by atomic mass is 16.1. The Morgan fingerprint density at radius 3 is 2.53 bits per heavy atom. The molecule has 0 atom stereocenters. The second-order valence-electron chi connectivity index (χ2n) is 3.56. The monoisotopic (exact) mass is 207 g/mol. The fraction of sp³-hybridized carbons (Fsp3) is 0.556. The maximum atomic E-state index is 10.8. The fourth-order valence-corrected chi connectivity index (χ4v) is 1.62. The van der Waals surface area contributed by atoms with Crippen LogP contribution in [0.5, 0.6) is 0 Å². The lowest BCUT2D eigenvalue weighted by atomic mass is 10.1. The average molecular weight is 207 g/mol. The minimum atomic E-state index is -0.597. The molecule has 0 aromatic carbocycles. The number of carbonyl (C=O) groups excluding carboxylic acids is 1. The first kappa shape index (κ1) is 9.82. The Morgan fingerprint density at radius 2 is 2.00 bits per heavy atom. The van der Waals surface area contributed by atoms with Crippen molar-refractivity contribution in [1.82, 2.24) is 15.2 Å². The number of hydrogen-bond acceptors (Lipinski definition) is 5. The van der Waals surface area contributed by atoms with Crippen molar-refractivity contribution in [2.75, 3.05) is 18.0 Å². The standard InChI is InChI=1S/C9H13N5O/c10-8(15)7-6-11-9(13-12-7)14-4-2-1-3-5-14/h6H,1-5H2,(H2,10,15). The summed E-state index contributed by atoms with van der Waals surface area (Å²) in [6.45, 7) is 1.91. The fourth-order valence-electron chi connectivity index (χ4n) is 1.62. The Labute approximate surface area is 87.5 Å². The van der Waals surface area contributed by atoms with Gasteiger partial charge in [-0.1, -0.05) is 0 Å². The molecule has 1 saturated heterocycles. The Hall–Kier alpha value is -1.72. The smallest absolute Gasteiger partial charge is 0.270 e. The van der Waals surface area contributed by atoms with Crippen LogP contribution in [-0.2, 0) is 0 Å². The first-order valence-electron chi connectivity index (χ1n) is 5.02. The third-order valence-corrected chi connectivity index (χ3v) is 2.44. The molecule has 1 aromatic heterocycles. The molecule has 0 radical (unpaired) electrons. The van der Waals surface area contributed by atoms with Crippen molar-refractivity contribution in [2.24, 2.45) is 5.73 Å². The molecule has 1 aliphatic heterocycles. The number of rotatable bonds is 2. The van der Waals surface area contributed by atoms with Crippen molar-refractivity contribution >= 4 is 11.9 Å². The Morgan fingerprint density at radius 1 is 1.27 bits per heavy atom. The second kappa shape index (κ2) is 4.20. The molecule has 0 saturated carbocycles. The second-order valence-corrected chi connectivity index (χ2v) is 3.56. The van der Waals surface area contributed by atoms with E-state index in [0.717, 1.165) is 25.9 Å². The van der Waals surface area contributed by atoms with Crippen LogP contribution in [0.3, 0.4) is 0 Å². The lowest BCUT2D eigenvalue weighted by Crippen LogP contribution is -2.31. The summed E-state index contributed by atoms with van der Waals surface area (Å²) < 4.78 is 0. The van der Waals surface area contributed by atoms with Gasteiger partial charge in [0.15, 0.2) is 5.69 Å². The van der Waals surface area contributed by atoms with Gasteiger partial charge in [0.1, 0.15) is 0 Å². The van der Waals surface area contributed by atoms with Crippen LogP contribution in [0.2, 0.25) is 0 Å². The summed E-state index contributed by atoms with van der Waals surface area (Å²) in [7, 11) is 0. The Balaban J connectivity index is 2.11. The molecule has 0 unspecified atom stereocenters. The van der Waals surface area contributed by atoms with Crippen molar-refractivity contribution < 1.29 is 4.79 Å². The minimum Gasteiger partial charge on any atom is -0.364 e. The van der Waals surface area contributed by atoms with Gasteiger partial charge in [0.2, 0.25) is 5.95 Å². The lowest BCUT2D eigenvalue weighted by Gasteiger charge is -2.25. The molecule has 2 heterocycles. The number of piperidine rings is 1. The first-order valence-corrected chi connectivity index (χ1v) is 5.02. The molecule has 1 amide bonds. The molecule has 2 rings (SSSR count). The maximum Gasteiger partial charge on any atom is 0.270 e. The molecular formula is C9H13N5O. The van der Waals surface area contributed by atoms with E-state index in [1.54, 1.807) is 0 Å². The molecule has 1 aliphatic rings. The van der Waals surface area contributed by atoms with Crippen LogP contribution in [0, 0.1) is 0 Å². The van der Waals surface area contributed by atoms with Crippen LogP contribution < -0.4 is 10.6 Å². The Bertz CT molecular complexity index is 344. The molecule has 6 nitrogen and oxygen atoms in total. The molecule has 6 heteroatoms. The third kappa shape index (κ3) is 2.20. The van der Waals surface area contributed by atoms with Crippen molar-refractivity contribution in [3.05, 3.63) is 11.9 Å². The minimum absolute atomic E-state index is 0.107. The summed E-state index contributed by atoms with van der Waals surface area (Å²) in [4.78, 5) is 16.9. The SMILES string of the molecule is NC(=O)c1cnc(N2CCCCC2)nn1. The van der Waals surface area contributed by atoms with Gasteiger partial charge in [0.05, 0.1) is 6.20 Å². The average Bonchev–Trinajstić information content (AvgIpc) is 2.30. The third-order valence-electron chi connectivity index (χ3n) is 2.44. The number of carbonyl (C=O) groups is 1. The first-order chi connectivity index (χ1) is 7.27. The summed E-state index contributed by atoms with van der Waals surface area (Å²) in [5.74, 6) is -0.0140. The highest BCUT2D eigenvalue weighted by Gasteiger charge is 2.14. The zero-order valence-corrected chi connectivity index (χ0v) is 8.39. The number of aromatic nitrogens is 3. The van der Waals surface area contributed by atoms with Gasteiger partial charge in [-0.3, -0.25) is 4.79 Å². The molecular weight excluding hydrogens is 194 g/mol. The van der Waals surface area contributed by atoms with Crippen LogP contribution in [-0.4, -0.2) is 34.2 Å². The number of primary amides is 1. The molecule has 15 heavy (non-hydrogen) atoms. The van der Waals surface area contributed by atoms with E-state index >= 15 is 0 Å². The van der Waals surface area contributed by atoms with E-state index in [-0.39, 0.29) is 5.69 Å². The van der Waals surface area contributed by atoms with Crippen molar-refractivity contribution in [2.45, 2.75) is 19.3 Å². The van der Waals surface area contributed by atoms with E-state index in [0.29, 0.717) is 5.95 Å². The molecule has 0 bridgehead atoms. The van der Waals surface area contributed by atoms with E-state index in [4.69, 9.17) is 5.73 Å². The number of anilines is 1. The molecule has 0 aliphatic carbocycles. The summed E-state index contributed by atoms with van der Waals surface area (Å²) in [6.07, 6.45) is 4.93. The predicted octanol–water partition coefficient (Wildman–Crippen LogP) is -0.0392. The van der Waals surface area contributed by atoms with Crippen molar-refractivity contribution in [3.8, 4) is 0 Å². The quantitative estimate of drug-likeness (QED) is 0.735. The van der Waals surface area contributed by atoms with Gasteiger partial charge in [0, 0.05) is 13.1 Å². The summed E-state index contributed by atoms with van der Waals surface area (Å²) in [5.41, 5.74) is 5.15. The van der Waals surface area contributed by atoms with Gasteiger partial charge in [-0.15, -0.1) is 10.2 Å². The van der Waals surface area contributed by atoms with Crippen LogP contribution in [0.1, 0.15) is 29.8 Å². The number of nitrogens with two attached hydrogens (primary N) is 1. The normalized spacial score (nSPS) is 16.4. The highest BCUT2D eigenvalue weighted by molar-refractivity contribution is 5.90. The van der Waals surface area contributed by atoms with Gasteiger partial charge in [0.25, 0.3) is 5.91 Å². The Kier molecular flexibility index (Phi) is 2.75. The van der Waals surface area contributed by atoms with Crippen molar-refractivity contribution in [3.63, 3.8) is 0 Å². The predicted molar refractivity (Wildman–Crippen MR) is 54.4 cm³/mol. The number of nitrogens with zero attached hydrogens (tertiary/aromatic N) is 4. The zero-order chi connectivity index (χ0) is 10.7. The van der Waals surface area contributed by atoms with E-state index < -0.39 is 5.91 Å². The lowest BCUT2D eigenvalue weighted by molar-refractivity contribution is 0.0994. The van der Waals surface area contributed by atoms with Gasteiger partial charge < -0.3 is 10.6 Å². The maximum absolute atomic E-state index is 10.8. The summed E-state index contributed by atoms with van der Waals surface area (Å²) >= 11 is 0. The number of hydrogen-bond donors (Lipinski definition) is 1. The van der Waals surface area contributed by atoms with E-state index in [2.05, 4.69) is 20.1 Å². The molecule has 80 valence electrons. The van der Waals surface area contributed by atoms with Gasteiger partial charge in [-0.25, -0.2) is 4.98 Å². The van der Waals surface area contributed by atoms with E-state index in [1.807, 2.05) is 0 Å². The molecule has 1 fully saturated rings. The van der Waals surface area contributed by atoms with Gasteiger partial charge in [-0.05, 0) is 19.3 Å². The number of amides is 1. The topological polar surface area (TPSA) is 85.0 Å².